The normalized spacial score (nSPS) is 10.8. The monoisotopic (exact) mass is 319 g/mol. The van der Waals surface area contributed by atoms with E-state index in [4.69, 9.17) is 0 Å². The molecule has 0 unspecified atom stereocenters. The first-order chi connectivity index (χ1) is 11.3. The maximum atomic E-state index is 13.3. The minimum absolute atomic E-state index is 0.222. The molecule has 0 aliphatic carbocycles. The van der Waals surface area contributed by atoms with Gasteiger partial charge in [-0.25, -0.2) is 4.39 Å². The van der Waals surface area contributed by atoms with E-state index in [1.54, 1.807) is 11.3 Å². The second-order valence-corrected chi connectivity index (χ2v) is 6.21. The SMILES string of the molecule is Fc1ccc(-n2c(-c3ccccc3)ccc2-c2cccs2)cc1. The Bertz CT molecular complexity index is 906. The van der Waals surface area contributed by atoms with Crippen molar-refractivity contribution < 1.29 is 4.39 Å². The molecule has 2 aromatic carbocycles. The molecule has 0 spiro atoms. The van der Waals surface area contributed by atoms with Crippen LogP contribution in [0.2, 0.25) is 0 Å². The predicted molar refractivity (Wildman–Crippen MR) is 94.5 cm³/mol. The first-order valence-electron chi connectivity index (χ1n) is 7.40. The molecule has 0 bridgehead atoms. The van der Waals surface area contributed by atoms with Crippen molar-refractivity contribution in [2.24, 2.45) is 0 Å². The summed E-state index contributed by atoms with van der Waals surface area (Å²) in [4.78, 5) is 1.19. The van der Waals surface area contributed by atoms with Crippen LogP contribution in [0, 0.1) is 5.82 Å². The number of benzene rings is 2. The fourth-order valence-corrected chi connectivity index (χ4v) is 3.50. The molecule has 0 aliphatic heterocycles. The lowest BCUT2D eigenvalue weighted by atomic mass is 10.1. The summed E-state index contributed by atoms with van der Waals surface area (Å²) in [7, 11) is 0. The standard InChI is InChI=1S/C20H14FNS/c21-16-8-10-17(11-9-16)22-18(15-5-2-1-3-6-15)12-13-19(22)20-7-4-14-23-20/h1-14H. The van der Waals surface area contributed by atoms with Crippen LogP contribution < -0.4 is 0 Å². The van der Waals surface area contributed by atoms with Crippen molar-refractivity contribution in [3.8, 4) is 27.5 Å². The quantitative estimate of drug-likeness (QED) is 0.435. The molecule has 1 nitrogen and oxygen atoms in total. The number of hydrogen-bond acceptors (Lipinski definition) is 1. The average molecular weight is 319 g/mol. The van der Waals surface area contributed by atoms with E-state index in [-0.39, 0.29) is 5.82 Å². The average Bonchev–Trinajstić information content (AvgIpc) is 3.25. The maximum absolute atomic E-state index is 13.3. The highest BCUT2D eigenvalue weighted by Crippen LogP contribution is 2.34. The molecule has 0 fully saturated rings. The first-order valence-corrected chi connectivity index (χ1v) is 8.28. The Kier molecular flexibility index (Phi) is 3.56. The van der Waals surface area contributed by atoms with Gasteiger partial charge in [-0.1, -0.05) is 36.4 Å². The van der Waals surface area contributed by atoms with Crippen molar-refractivity contribution in [3.05, 3.63) is 90.1 Å². The van der Waals surface area contributed by atoms with E-state index in [0.717, 1.165) is 22.6 Å². The van der Waals surface area contributed by atoms with Gasteiger partial charge in [-0.2, -0.15) is 0 Å². The Morgan fingerprint density at radius 2 is 1.43 bits per heavy atom. The molecule has 0 atom stereocenters. The molecule has 0 radical (unpaired) electrons. The minimum Gasteiger partial charge on any atom is -0.308 e. The first kappa shape index (κ1) is 14.0. The zero-order valence-corrected chi connectivity index (χ0v) is 13.1. The van der Waals surface area contributed by atoms with Crippen molar-refractivity contribution in [1.82, 2.24) is 4.57 Å². The Morgan fingerprint density at radius 3 is 2.13 bits per heavy atom. The molecular weight excluding hydrogens is 305 g/mol. The van der Waals surface area contributed by atoms with E-state index >= 15 is 0 Å². The predicted octanol–water partition coefficient (Wildman–Crippen LogP) is 6.01. The molecule has 0 amide bonds. The number of aromatic nitrogens is 1. The molecule has 23 heavy (non-hydrogen) atoms. The summed E-state index contributed by atoms with van der Waals surface area (Å²) in [6.45, 7) is 0. The van der Waals surface area contributed by atoms with E-state index in [1.807, 2.05) is 36.4 Å². The lowest BCUT2D eigenvalue weighted by molar-refractivity contribution is 0.627. The summed E-state index contributed by atoms with van der Waals surface area (Å²) in [5.74, 6) is -0.222. The van der Waals surface area contributed by atoms with E-state index in [0.29, 0.717) is 0 Å². The Morgan fingerprint density at radius 1 is 0.696 bits per heavy atom. The molecule has 0 saturated carbocycles. The molecule has 4 rings (SSSR count). The van der Waals surface area contributed by atoms with Crippen LogP contribution >= 0.6 is 11.3 Å². The number of thiophene rings is 1. The molecule has 112 valence electrons. The van der Waals surface area contributed by atoms with Crippen LogP contribution in [-0.2, 0) is 0 Å². The van der Waals surface area contributed by atoms with Gasteiger partial charge in [0.2, 0.25) is 0 Å². The van der Waals surface area contributed by atoms with Gasteiger partial charge in [0.1, 0.15) is 5.82 Å². The number of hydrogen-bond donors (Lipinski definition) is 0. The molecule has 0 N–H and O–H groups in total. The zero-order valence-electron chi connectivity index (χ0n) is 12.3. The number of rotatable bonds is 3. The van der Waals surface area contributed by atoms with Gasteiger partial charge in [0.05, 0.1) is 16.3 Å². The zero-order chi connectivity index (χ0) is 15.6. The third kappa shape index (κ3) is 2.60. The van der Waals surface area contributed by atoms with E-state index in [1.165, 1.54) is 17.0 Å². The van der Waals surface area contributed by atoms with Crippen molar-refractivity contribution in [2.75, 3.05) is 0 Å². The summed E-state index contributed by atoms with van der Waals surface area (Å²) in [5, 5.41) is 2.07. The van der Waals surface area contributed by atoms with Gasteiger partial charge < -0.3 is 4.57 Å². The Labute approximate surface area is 138 Å². The summed E-state index contributed by atoms with van der Waals surface area (Å²) >= 11 is 1.70. The lowest BCUT2D eigenvalue weighted by Crippen LogP contribution is -1.98. The summed E-state index contributed by atoms with van der Waals surface area (Å²) in [6, 6.07) is 25.3. The van der Waals surface area contributed by atoms with Crippen LogP contribution in [0.3, 0.4) is 0 Å². The third-order valence-electron chi connectivity index (χ3n) is 3.81. The maximum Gasteiger partial charge on any atom is 0.123 e. The van der Waals surface area contributed by atoms with E-state index in [9.17, 15) is 4.39 Å². The number of nitrogens with zero attached hydrogens (tertiary/aromatic N) is 1. The summed E-state index contributed by atoms with van der Waals surface area (Å²) < 4.78 is 15.5. The van der Waals surface area contributed by atoms with Crippen LogP contribution in [0.1, 0.15) is 0 Å². The second-order valence-electron chi connectivity index (χ2n) is 5.26. The minimum atomic E-state index is -0.222. The lowest BCUT2D eigenvalue weighted by Gasteiger charge is -2.13. The largest absolute Gasteiger partial charge is 0.308 e. The van der Waals surface area contributed by atoms with Gasteiger partial charge in [-0.15, -0.1) is 11.3 Å². The Balaban J connectivity index is 1.96. The van der Waals surface area contributed by atoms with Gasteiger partial charge in [-0.3, -0.25) is 0 Å². The molecule has 2 aromatic heterocycles. The Hall–Kier alpha value is -2.65. The van der Waals surface area contributed by atoms with Gasteiger partial charge >= 0.3 is 0 Å². The van der Waals surface area contributed by atoms with E-state index in [2.05, 4.69) is 40.3 Å². The number of halogens is 1. The fourth-order valence-electron chi connectivity index (χ4n) is 2.76. The van der Waals surface area contributed by atoms with Crippen LogP contribution in [0.5, 0.6) is 0 Å². The van der Waals surface area contributed by atoms with Crippen molar-refractivity contribution >= 4 is 11.3 Å². The fraction of sp³-hybridized carbons (Fsp3) is 0. The topological polar surface area (TPSA) is 4.93 Å². The van der Waals surface area contributed by atoms with Crippen molar-refractivity contribution in [2.45, 2.75) is 0 Å². The van der Waals surface area contributed by atoms with Crippen LogP contribution in [0.4, 0.5) is 4.39 Å². The summed E-state index contributed by atoms with van der Waals surface area (Å²) in [5.41, 5.74) is 4.31. The van der Waals surface area contributed by atoms with Crippen LogP contribution in [0.15, 0.2) is 84.2 Å². The van der Waals surface area contributed by atoms with Crippen LogP contribution in [0.25, 0.3) is 27.5 Å². The van der Waals surface area contributed by atoms with Crippen molar-refractivity contribution in [1.29, 1.82) is 0 Å². The smallest absolute Gasteiger partial charge is 0.123 e. The highest BCUT2D eigenvalue weighted by atomic mass is 32.1. The third-order valence-corrected chi connectivity index (χ3v) is 4.70. The highest BCUT2D eigenvalue weighted by molar-refractivity contribution is 7.13. The van der Waals surface area contributed by atoms with Gasteiger partial charge in [0, 0.05) is 5.69 Å². The van der Waals surface area contributed by atoms with Gasteiger partial charge in [-0.05, 0) is 53.4 Å². The molecule has 0 saturated heterocycles. The highest BCUT2D eigenvalue weighted by Gasteiger charge is 2.14. The molecule has 2 heterocycles. The van der Waals surface area contributed by atoms with Gasteiger partial charge in [0.15, 0.2) is 0 Å². The molecular formula is C20H14FNS. The summed E-state index contributed by atoms with van der Waals surface area (Å²) in [6.07, 6.45) is 0. The molecule has 0 aliphatic rings. The molecule has 4 aromatic rings. The van der Waals surface area contributed by atoms with Crippen LogP contribution in [-0.4, -0.2) is 4.57 Å². The van der Waals surface area contributed by atoms with Crippen molar-refractivity contribution in [3.63, 3.8) is 0 Å². The van der Waals surface area contributed by atoms with E-state index < -0.39 is 0 Å². The second kappa shape index (κ2) is 5.86. The van der Waals surface area contributed by atoms with Gasteiger partial charge in [0.25, 0.3) is 0 Å². The molecule has 3 heteroatoms.